The number of aromatic nitrogens is 2. The number of benzene rings is 1. The average Bonchev–Trinajstić information content (AvgIpc) is 2.37. The van der Waals surface area contributed by atoms with Gasteiger partial charge in [-0.25, -0.2) is 4.98 Å². The van der Waals surface area contributed by atoms with Gasteiger partial charge in [-0.3, -0.25) is 4.79 Å². The largest absolute Gasteiger partial charge is 0.409 e. The first-order valence-corrected chi connectivity index (χ1v) is 6.65. The Bertz CT molecular complexity index is 725. The average molecular weight is 290 g/mol. The smallest absolute Gasteiger partial charge is 0.251 e. The van der Waals surface area contributed by atoms with Crippen LogP contribution in [0.1, 0.15) is 16.8 Å². The van der Waals surface area contributed by atoms with Crippen molar-refractivity contribution in [1.82, 2.24) is 9.97 Å². The highest BCUT2D eigenvalue weighted by Crippen LogP contribution is 2.28. The highest BCUT2D eigenvalue weighted by Gasteiger charge is 2.10. The van der Waals surface area contributed by atoms with Crippen LogP contribution >= 0.6 is 11.8 Å². The molecule has 6 nitrogen and oxygen atoms in total. The van der Waals surface area contributed by atoms with E-state index in [4.69, 9.17) is 10.9 Å². The van der Waals surface area contributed by atoms with Crippen molar-refractivity contribution in [3.63, 3.8) is 0 Å². The molecular formula is C13H14N4O2S. The molecule has 104 valence electrons. The normalized spacial score (nSPS) is 11.6. The monoisotopic (exact) mass is 290 g/mol. The molecule has 1 heterocycles. The molecule has 0 spiro atoms. The summed E-state index contributed by atoms with van der Waals surface area (Å²) in [5.41, 5.74) is 7.69. The zero-order valence-electron chi connectivity index (χ0n) is 11.0. The first kappa shape index (κ1) is 14.1. The zero-order valence-corrected chi connectivity index (χ0v) is 11.9. The van der Waals surface area contributed by atoms with Gasteiger partial charge in [0.1, 0.15) is 0 Å². The van der Waals surface area contributed by atoms with Crippen molar-refractivity contribution in [3.05, 3.63) is 51.4 Å². The van der Waals surface area contributed by atoms with Crippen molar-refractivity contribution >= 4 is 17.6 Å². The standard InChI is InChI=1S/C13H14N4O2S/c1-7-3-4-9(12(14)17-19)10(5-7)20-13-15-8(2)6-11(18)16-13/h3-6,19H,1-2H3,(H2,14,17)(H,15,16,18). The Hall–Kier alpha value is -2.28. The summed E-state index contributed by atoms with van der Waals surface area (Å²) in [6.45, 7) is 3.69. The van der Waals surface area contributed by atoms with Crippen LogP contribution in [0, 0.1) is 13.8 Å². The van der Waals surface area contributed by atoms with Gasteiger partial charge in [0.25, 0.3) is 5.56 Å². The highest BCUT2D eigenvalue weighted by atomic mass is 32.2. The van der Waals surface area contributed by atoms with Crippen LogP contribution in [0.2, 0.25) is 0 Å². The number of nitrogens with one attached hydrogen (secondary N) is 1. The Morgan fingerprint density at radius 2 is 2.15 bits per heavy atom. The maximum absolute atomic E-state index is 11.4. The van der Waals surface area contributed by atoms with E-state index < -0.39 is 0 Å². The van der Waals surface area contributed by atoms with Gasteiger partial charge >= 0.3 is 0 Å². The maximum atomic E-state index is 11.4. The molecule has 0 aliphatic rings. The Morgan fingerprint density at radius 3 is 2.80 bits per heavy atom. The quantitative estimate of drug-likeness (QED) is 0.262. The molecular weight excluding hydrogens is 276 g/mol. The number of amidine groups is 1. The Balaban J connectivity index is 2.47. The van der Waals surface area contributed by atoms with E-state index in [0.717, 1.165) is 10.5 Å². The molecule has 2 aromatic rings. The predicted molar refractivity (Wildman–Crippen MR) is 77.4 cm³/mol. The van der Waals surface area contributed by atoms with Gasteiger partial charge in [-0.2, -0.15) is 0 Å². The summed E-state index contributed by atoms with van der Waals surface area (Å²) in [5, 5.41) is 12.3. The van der Waals surface area contributed by atoms with Crippen LogP contribution in [0.3, 0.4) is 0 Å². The van der Waals surface area contributed by atoms with Gasteiger partial charge in [0, 0.05) is 22.2 Å². The van der Waals surface area contributed by atoms with E-state index in [1.54, 1.807) is 13.0 Å². The molecule has 0 atom stereocenters. The van der Waals surface area contributed by atoms with Gasteiger partial charge in [0.05, 0.1) is 0 Å². The summed E-state index contributed by atoms with van der Waals surface area (Å²) < 4.78 is 0. The van der Waals surface area contributed by atoms with Crippen LogP contribution < -0.4 is 11.3 Å². The molecule has 20 heavy (non-hydrogen) atoms. The van der Waals surface area contributed by atoms with Crippen molar-refractivity contribution in [2.45, 2.75) is 23.9 Å². The van der Waals surface area contributed by atoms with Crippen molar-refractivity contribution in [2.75, 3.05) is 0 Å². The molecule has 0 unspecified atom stereocenters. The Morgan fingerprint density at radius 1 is 1.40 bits per heavy atom. The Kier molecular flexibility index (Phi) is 4.09. The highest BCUT2D eigenvalue weighted by molar-refractivity contribution is 7.99. The first-order valence-electron chi connectivity index (χ1n) is 5.84. The predicted octanol–water partition coefficient (Wildman–Crippen LogP) is 1.63. The minimum atomic E-state index is -0.210. The van der Waals surface area contributed by atoms with Crippen molar-refractivity contribution < 1.29 is 5.21 Å². The van der Waals surface area contributed by atoms with E-state index in [-0.39, 0.29) is 11.4 Å². The van der Waals surface area contributed by atoms with Gasteiger partial charge in [-0.15, -0.1) is 0 Å². The van der Waals surface area contributed by atoms with Crippen LogP contribution in [0.15, 0.2) is 44.3 Å². The molecule has 0 bridgehead atoms. The van der Waals surface area contributed by atoms with Crippen LogP contribution in [0.4, 0.5) is 0 Å². The van der Waals surface area contributed by atoms with E-state index in [1.165, 1.54) is 17.8 Å². The van der Waals surface area contributed by atoms with E-state index in [9.17, 15) is 4.79 Å². The fraction of sp³-hybridized carbons (Fsp3) is 0.154. The molecule has 2 rings (SSSR count). The number of H-pyrrole nitrogens is 1. The van der Waals surface area contributed by atoms with Gasteiger partial charge < -0.3 is 15.9 Å². The summed E-state index contributed by atoms with van der Waals surface area (Å²) in [7, 11) is 0. The minimum Gasteiger partial charge on any atom is -0.409 e. The van der Waals surface area contributed by atoms with Gasteiger partial charge in [0.2, 0.25) is 0 Å². The third-order valence-corrected chi connectivity index (χ3v) is 3.52. The van der Waals surface area contributed by atoms with E-state index >= 15 is 0 Å². The van der Waals surface area contributed by atoms with Crippen molar-refractivity contribution in [3.8, 4) is 0 Å². The summed E-state index contributed by atoms with van der Waals surface area (Å²) in [4.78, 5) is 19.1. The SMILES string of the molecule is Cc1ccc(C(N)=NO)c(Sc2nc(C)cc(=O)[nH]2)c1. The van der Waals surface area contributed by atoms with Gasteiger partial charge in [-0.1, -0.05) is 23.0 Å². The third kappa shape index (κ3) is 3.18. The second kappa shape index (κ2) is 5.79. The lowest BCUT2D eigenvalue weighted by Gasteiger charge is -2.08. The molecule has 0 fully saturated rings. The lowest BCUT2D eigenvalue weighted by molar-refractivity contribution is 0.318. The summed E-state index contributed by atoms with van der Waals surface area (Å²) >= 11 is 1.26. The van der Waals surface area contributed by atoms with Crippen LogP contribution in [-0.2, 0) is 0 Å². The summed E-state index contributed by atoms with van der Waals surface area (Å²) in [5.74, 6) is 0.0162. The number of hydrogen-bond acceptors (Lipinski definition) is 5. The van der Waals surface area contributed by atoms with Crippen molar-refractivity contribution in [1.29, 1.82) is 0 Å². The minimum absolute atomic E-state index is 0.0162. The van der Waals surface area contributed by atoms with Crippen LogP contribution in [-0.4, -0.2) is 21.0 Å². The van der Waals surface area contributed by atoms with Crippen molar-refractivity contribution in [2.24, 2.45) is 10.9 Å². The topological polar surface area (TPSA) is 104 Å². The Labute approximate surface area is 119 Å². The van der Waals surface area contributed by atoms with Gasteiger partial charge in [0.15, 0.2) is 11.0 Å². The molecule has 1 aromatic carbocycles. The van der Waals surface area contributed by atoms with E-state index in [0.29, 0.717) is 16.4 Å². The molecule has 1 aromatic heterocycles. The number of aromatic amines is 1. The van der Waals surface area contributed by atoms with E-state index in [1.807, 2.05) is 19.1 Å². The number of aryl methyl sites for hydroxylation is 2. The van der Waals surface area contributed by atoms with Gasteiger partial charge in [-0.05, 0) is 31.5 Å². The number of hydrogen-bond donors (Lipinski definition) is 3. The van der Waals surface area contributed by atoms with Crippen LogP contribution in [0.25, 0.3) is 0 Å². The molecule has 7 heteroatoms. The second-order valence-corrected chi connectivity index (χ2v) is 5.31. The summed E-state index contributed by atoms with van der Waals surface area (Å²) in [6.07, 6.45) is 0. The maximum Gasteiger partial charge on any atom is 0.251 e. The molecule has 0 aliphatic carbocycles. The molecule has 0 saturated carbocycles. The lowest BCUT2D eigenvalue weighted by atomic mass is 10.1. The molecule has 0 amide bonds. The van der Waals surface area contributed by atoms with Crippen LogP contribution in [0.5, 0.6) is 0 Å². The molecule has 0 saturated heterocycles. The molecule has 4 N–H and O–H groups in total. The summed E-state index contributed by atoms with van der Waals surface area (Å²) in [6, 6.07) is 6.94. The third-order valence-electron chi connectivity index (χ3n) is 2.58. The fourth-order valence-electron chi connectivity index (χ4n) is 1.68. The first-order chi connectivity index (χ1) is 9.49. The van der Waals surface area contributed by atoms with E-state index in [2.05, 4.69) is 15.1 Å². The molecule has 0 aliphatic heterocycles. The number of nitrogens with two attached hydrogens (primary N) is 1. The fourth-order valence-corrected chi connectivity index (χ4v) is 2.76. The lowest BCUT2D eigenvalue weighted by Crippen LogP contribution is -2.14. The number of nitrogens with zero attached hydrogens (tertiary/aromatic N) is 2. The number of oxime groups is 1. The zero-order chi connectivity index (χ0) is 14.7. The molecule has 0 radical (unpaired) electrons. The number of rotatable bonds is 3. The second-order valence-electron chi connectivity index (χ2n) is 4.28.